The first kappa shape index (κ1) is 19.5. The lowest BCUT2D eigenvalue weighted by Gasteiger charge is -2.11. The molecule has 0 saturated carbocycles. The summed E-state index contributed by atoms with van der Waals surface area (Å²) >= 11 is 0. The van der Waals surface area contributed by atoms with Gasteiger partial charge >= 0.3 is 0 Å². The lowest BCUT2D eigenvalue weighted by Crippen LogP contribution is -2.30. The van der Waals surface area contributed by atoms with Crippen LogP contribution in [0.25, 0.3) is 6.08 Å². The number of carbonyl (C=O) groups is 2. The fourth-order valence-electron chi connectivity index (χ4n) is 2.55. The van der Waals surface area contributed by atoms with Crippen molar-refractivity contribution < 1.29 is 14.5 Å². The van der Waals surface area contributed by atoms with E-state index in [-0.39, 0.29) is 17.1 Å². The first-order chi connectivity index (χ1) is 14.0. The van der Waals surface area contributed by atoms with Gasteiger partial charge in [0, 0.05) is 23.4 Å². The minimum absolute atomic E-state index is 0.0107. The number of rotatable bonds is 6. The van der Waals surface area contributed by atoms with Crippen molar-refractivity contribution in [3.05, 3.63) is 112 Å². The second-order valence-corrected chi connectivity index (χ2v) is 6.05. The standard InChI is InChI=1S/C22H17N3O4/c26-21(17-10-5-2-6-11-17)24-20(14-16-8-3-1-4-9-16)22(27)23-18-12-7-13-19(15-18)25(28)29/h1-15H,(H,23,27)(H,24,26). The zero-order chi connectivity index (χ0) is 20.6. The van der Waals surface area contributed by atoms with Gasteiger partial charge in [-0.1, -0.05) is 54.6 Å². The molecule has 0 radical (unpaired) electrons. The summed E-state index contributed by atoms with van der Waals surface area (Å²) in [6.07, 6.45) is 1.54. The summed E-state index contributed by atoms with van der Waals surface area (Å²) in [4.78, 5) is 35.7. The lowest BCUT2D eigenvalue weighted by atomic mass is 10.1. The summed E-state index contributed by atoms with van der Waals surface area (Å²) in [7, 11) is 0. The highest BCUT2D eigenvalue weighted by Gasteiger charge is 2.16. The van der Waals surface area contributed by atoms with E-state index in [9.17, 15) is 19.7 Å². The molecule has 2 N–H and O–H groups in total. The second kappa shape index (κ2) is 9.09. The Morgan fingerprint density at radius 2 is 1.52 bits per heavy atom. The number of carbonyl (C=O) groups excluding carboxylic acids is 2. The van der Waals surface area contributed by atoms with Gasteiger partial charge < -0.3 is 10.6 Å². The molecule has 3 aromatic rings. The first-order valence-electron chi connectivity index (χ1n) is 8.72. The Hall–Kier alpha value is -4.26. The van der Waals surface area contributed by atoms with E-state index in [0.29, 0.717) is 11.1 Å². The number of hydrogen-bond donors (Lipinski definition) is 2. The highest BCUT2D eigenvalue weighted by molar-refractivity contribution is 6.10. The largest absolute Gasteiger partial charge is 0.320 e. The van der Waals surface area contributed by atoms with E-state index < -0.39 is 16.7 Å². The first-order valence-corrected chi connectivity index (χ1v) is 8.72. The van der Waals surface area contributed by atoms with E-state index in [4.69, 9.17) is 0 Å². The fourth-order valence-corrected chi connectivity index (χ4v) is 2.55. The maximum Gasteiger partial charge on any atom is 0.272 e. The Kier molecular flexibility index (Phi) is 6.12. The number of nitrogens with zero attached hydrogens (tertiary/aromatic N) is 1. The summed E-state index contributed by atoms with van der Waals surface area (Å²) in [6, 6.07) is 23.1. The Bertz CT molecular complexity index is 1060. The van der Waals surface area contributed by atoms with Crippen LogP contribution in [0.15, 0.2) is 90.6 Å². The van der Waals surface area contributed by atoms with E-state index in [1.54, 1.807) is 54.6 Å². The molecular formula is C22H17N3O4. The van der Waals surface area contributed by atoms with E-state index in [1.807, 2.05) is 6.07 Å². The molecule has 0 aromatic heterocycles. The Morgan fingerprint density at radius 3 is 2.17 bits per heavy atom. The molecule has 0 saturated heterocycles. The molecule has 0 unspecified atom stereocenters. The summed E-state index contributed by atoms with van der Waals surface area (Å²) in [6.45, 7) is 0. The van der Waals surface area contributed by atoms with Crippen LogP contribution in [0, 0.1) is 10.1 Å². The molecule has 0 aliphatic rings. The predicted molar refractivity (Wildman–Crippen MR) is 110 cm³/mol. The second-order valence-electron chi connectivity index (χ2n) is 6.05. The summed E-state index contributed by atoms with van der Waals surface area (Å²) in [5.74, 6) is -1.04. The van der Waals surface area contributed by atoms with Gasteiger partial charge in [0.25, 0.3) is 17.5 Å². The minimum atomic E-state index is -0.598. The molecule has 29 heavy (non-hydrogen) atoms. The number of nitro groups is 1. The van der Waals surface area contributed by atoms with Crippen LogP contribution >= 0.6 is 0 Å². The van der Waals surface area contributed by atoms with Gasteiger partial charge in [0.05, 0.1) is 4.92 Å². The van der Waals surface area contributed by atoms with E-state index >= 15 is 0 Å². The zero-order valence-corrected chi connectivity index (χ0v) is 15.2. The van der Waals surface area contributed by atoms with Crippen molar-refractivity contribution in [1.29, 1.82) is 0 Å². The van der Waals surface area contributed by atoms with Crippen molar-refractivity contribution in [2.24, 2.45) is 0 Å². The quantitative estimate of drug-likeness (QED) is 0.379. The molecule has 0 fully saturated rings. The van der Waals surface area contributed by atoms with Gasteiger partial charge in [0.1, 0.15) is 5.70 Å². The van der Waals surface area contributed by atoms with Crippen molar-refractivity contribution in [1.82, 2.24) is 5.32 Å². The van der Waals surface area contributed by atoms with Gasteiger partial charge in [-0.15, -0.1) is 0 Å². The summed E-state index contributed by atoms with van der Waals surface area (Å²) in [5.41, 5.74) is 1.22. The molecule has 7 heteroatoms. The molecule has 0 heterocycles. The van der Waals surface area contributed by atoms with Crippen LogP contribution in [0.1, 0.15) is 15.9 Å². The molecule has 2 amide bonds. The van der Waals surface area contributed by atoms with Gasteiger partial charge in [-0.2, -0.15) is 0 Å². The van der Waals surface area contributed by atoms with Crippen LogP contribution in [0.3, 0.4) is 0 Å². The number of benzene rings is 3. The van der Waals surface area contributed by atoms with Crippen molar-refractivity contribution in [2.75, 3.05) is 5.32 Å². The number of non-ortho nitro benzene ring substituents is 1. The van der Waals surface area contributed by atoms with Crippen molar-refractivity contribution >= 4 is 29.3 Å². The number of nitrogens with one attached hydrogen (secondary N) is 2. The third-order valence-corrected chi connectivity index (χ3v) is 3.95. The highest BCUT2D eigenvalue weighted by atomic mass is 16.6. The van der Waals surface area contributed by atoms with Crippen molar-refractivity contribution in [2.45, 2.75) is 0 Å². The SMILES string of the molecule is O=C(Nc1cccc([N+](=O)[O-])c1)C(=Cc1ccccc1)NC(=O)c1ccccc1. The molecule has 3 rings (SSSR count). The predicted octanol–water partition coefficient (Wildman–Crippen LogP) is 4.00. The van der Waals surface area contributed by atoms with E-state index in [0.717, 1.165) is 0 Å². The van der Waals surface area contributed by atoms with Crippen LogP contribution in [0.4, 0.5) is 11.4 Å². The monoisotopic (exact) mass is 387 g/mol. The molecule has 144 valence electrons. The van der Waals surface area contributed by atoms with E-state index in [1.165, 1.54) is 30.3 Å². The Morgan fingerprint density at radius 1 is 0.862 bits per heavy atom. The normalized spacial score (nSPS) is 10.8. The highest BCUT2D eigenvalue weighted by Crippen LogP contribution is 2.18. The zero-order valence-electron chi connectivity index (χ0n) is 15.2. The number of anilines is 1. The van der Waals surface area contributed by atoms with Crippen LogP contribution < -0.4 is 10.6 Å². The number of hydrogen-bond acceptors (Lipinski definition) is 4. The van der Waals surface area contributed by atoms with E-state index in [2.05, 4.69) is 10.6 Å². The smallest absolute Gasteiger partial charge is 0.272 e. The molecule has 0 aliphatic carbocycles. The van der Waals surface area contributed by atoms with Crippen molar-refractivity contribution in [3.8, 4) is 0 Å². The molecule has 7 nitrogen and oxygen atoms in total. The average Bonchev–Trinajstić information content (AvgIpc) is 2.74. The maximum absolute atomic E-state index is 12.8. The van der Waals surface area contributed by atoms with Gasteiger partial charge in [-0.25, -0.2) is 0 Å². The number of nitro benzene ring substituents is 1. The minimum Gasteiger partial charge on any atom is -0.320 e. The van der Waals surface area contributed by atoms with Crippen LogP contribution in [-0.2, 0) is 4.79 Å². The summed E-state index contributed by atoms with van der Waals surface area (Å²) < 4.78 is 0. The molecular weight excluding hydrogens is 370 g/mol. The van der Waals surface area contributed by atoms with Crippen LogP contribution in [0.5, 0.6) is 0 Å². The third-order valence-electron chi connectivity index (χ3n) is 3.95. The van der Waals surface area contributed by atoms with Gasteiger partial charge in [0.2, 0.25) is 0 Å². The van der Waals surface area contributed by atoms with Crippen molar-refractivity contribution in [3.63, 3.8) is 0 Å². The molecule has 3 aromatic carbocycles. The Labute approximate surface area is 166 Å². The van der Waals surface area contributed by atoms with Crippen LogP contribution in [-0.4, -0.2) is 16.7 Å². The Balaban J connectivity index is 1.87. The topological polar surface area (TPSA) is 101 Å². The molecule has 0 spiro atoms. The lowest BCUT2D eigenvalue weighted by molar-refractivity contribution is -0.384. The maximum atomic E-state index is 12.8. The molecule has 0 atom stereocenters. The third kappa shape index (κ3) is 5.36. The molecule has 0 aliphatic heterocycles. The average molecular weight is 387 g/mol. The number of amides is 2. The summed E-state index contributed by atoms with van der Waals surface area (Å²) in [5, 5.41) is 16.1. The van der Waals surface area contributed by atoms with Gasteiger partial charge in [-0.05, 0) is 29.8 Å². The fraction of sp³-hybridized carbons (Fsp3) is 0. The van der Waals surface area contributed by atoms with Crippen LogP contribution in [0.2, 0.25) is 0 Å². The van der Waals surface area contributed by atoms with Gasteiger partial charge in [-0.3, -0.25) is 19.7 Å². The molecule has 0 bridgehead atoms. The van der Waals surface area contributed by atoms with Gasteiger partial charge in [0.15, 0.2) is 0 Å².